The summed E-state index contributed by atoms with van der Waals surface area (Å²) in [5.41, 5.74) is 24.9. The van der Waals surface area contributed by atoms with Crippen molar-refractivity contribution in [1.82, 2.24) is 9.97 Å². The molecule has 2 aliphatic carbocycles. The Labute approximate surface area is 730 Å². The summed E-state index contributed by atoms with van der Waals surface area (Å²) in [5.74, 6) is 7.40. The second-order valence-electron chi connectivity index (χ2n) is 31.5. The number of rotatable bonds is 24. The van der Waals surface area contributed by atoms with Gasteiger partial charge in [0.05, 0.1) is 44.8 Å². The predicted molar refractivity (Wildman–Crippen MR) is 515 cm³/mol. The number of hydrogen-bond donors (Lipinski definition) is 0. The van der Waals surface area contributed by atoms with E-state index in [0.717, 1.165) is 210 Å². The highest BCUT2D eigenvalue weighted by Crippen LogP contribution is 2.63. The van der Waals surface area contributed by atoms with Crippen LogP contribution in [0.2, 0.25) is 0 Å². The Balaban J connectivity index is 0.818. The van der Waals surface area contributed by atoms with Gasteiger partial charge in [-0.3, -0.25) is 0 Å². The number of benzene rings is 17. The third-order valence-electron chi connectivity index (χ3n) is 24.5. The number of ether oxygens (including phenoxy) is 6. The normalized spacial score (nSPS) is 12.6. The summed E-state index contributed by atoms with van der Waals surface area (Å²) >= 11 is 1.76. The topological polar surface area (TPSA) is 81.2 Å². The van der Waals surface area contributed by atoms with Crippen molar-refractivity contribution in [1.29, 1.82) is 0 Å². The van der Waals surface area contributed by atoms with E-state index >= 15 is 0 Å². The van der Waals surface area contributed by atoms with Crippen LogP contribution in [0.1, 0.15) is 80.6 Å². The summed E-state index contributed by atoms with van der Waals surface area (Å²) in [6.45, 7) is 21.1. The van der Waals surface area contributed by atoms with Crippen molar-refractivity contribution in [3.8, 4) is 123 Å². The molecule has 0 spiro atoms. The van der Waals surface area contributed by atoms with Crippen LogP contribution < -0.4 is 28.4 Å². The number of thiophene rings is 1. The Morgan fingerprint density at radius 2 is 0.520 bits per heavy atom. The van der Waals surface area contributed by atoms with Gasteiger partial charge in [-0.1, -0.05) is 281 Å². The fourth-order valence-corrected chi connectivity index (χ4v) is 20.0. The molecule has 2 aliphatic rings. The van der Waals surface area contributed by atoms with Gasteiger partial charge in [0.15, 0.2) is 0 Å². The van der Waals surface area contributed by atoms with E-state index in [1.54, 1.807) is 11.3 Å². The molecule has 0 saturated heterocycles. The number of aromatic nitrogens is 2. The highest BCUT2D eigenvalue weighted by Gasteiger charge is 2.50. The van der Waals surface area contributed by atoms with Gasteiger partial charge in [0.25, 0.3) is 0 Å². The Kier molecular flexibility index (Phi) is 19.7. The monoisotopic (exact) mass is 1630 g/mol. The number of nitrogens with zero attached hydrogens (tertiary/aromatic N) is 2. The molecule has 17 aromatic carbocycles. The van der Waals surface area contributed by atoms with E-state index in [1.807, 2.05) is 135 Å². The molecule has 19 aromatic rings. The quantitative estimate of drug-likeness (QED) is 0.0554. The summed E-state index contributed by atoms with van der Waals surface area (Å²) in [7, 11) is 0. The molecule has 8 nitrogen and oxygen atoms in total. The lowest BCUT2D eigenvalue weighted by Crippen LogP contribution is -2.28. The lowest BCUT2D eigenvalue weighted by atomic mass is 9.67. The first kappa shape index (κ1) is 76.7. The van der Waals surface area contributed by atoms with E-state index in [9.17, 15) is 0 Å². The maximum absolute atomic E-state index is 6.64. The molecule has 0 saturated carbocycles. The van der Waals surface area contributed by atoms with Crippen molar-refractivity contribution in [3.05, 3.63) is 457 Å². The van der Waals surface area contributed by atoms with E-state index < -0.39 is 10.8 Å². The zero-order chi connectivity index (χ0) is 84.3. The second-order valence-corrected chi connectivity index (χ2v) is 32.5. The fraction of sp³-hybridized carbons (Fsp3) is 0.0517. The molecule has 598 valence electrons. The van der Waals surface area contributed by atoms with Gasteiger partial charge in [-0.25, -0.2) is 9.97 Å². The molecule has 0 unspecified atom stereocenters. The Hall–Kier alpha value is -15.7. The van der Waals surface area contributed by atoms with Crippen molar-refractivity contribution in [2.75, 3.05) is 13.2 Å². The first-order valence-electron chi connectivity index (χ1n) is 42.2. The molecule has 2 heterocycles. The lowest BCUT2D eigenvalue weighted by molar-refractivity contribution is 0.340. The van der Waals surface area contributed by atoms with E-state index in [4.69, 9.17) is 38.4 Å². The molecule has 21 rings (SSSR count). The van der Waals surface area contributed by atoms with Crippen LogP contribution in [0, 0.1) is 0 Å². The van der Waals surface area contributed by atoms with Crippen molar-refractivity contribution < 1.29 is 28.4 Å². The van der Waals surface area contributed by atoms with Crippen LogP contribution in [0.15, 0.2) is 390 Å². The van der Waals surface area contributed by atoms with Crippen LogP contribution in [0.5, 0.6) is 57.5 Å². The Morgan fingerprint density at radius 1 is 0.256 bits per heavy atom. The molecule has 125 heavy (non-hydrogen) atoms. The van der Waals surface area contributed by atoms with E-state index in [2.05, 4.69) is 293 Å². The summed E-state index contributed by atoms with van der Waals surface area (Å²) in [6, 6.07) is 129. The van der Waals surface area contributed by atoms with Crippen molar-refractivity contribution in [2.24, 2.45) is 0 Å². The van der Waals surface area contributed by atoms with Crippen LogP contribution in [0.3, 0.4) is 0 Å². The molecule has 0 N–H and O–H groups in total. The molecule has 0 bridgehead atoms. The van der Waals surface area contributed by atoms with Gasteiger partial charge >= 0.3 is 0 Å². The third-order valence-corrected chi connectivity index (χ3v) is 25.8. The molecule has 0 aliphatic heterocycles. The molecular weight excluding hydrogens is 1550 g/mol. The Bertz CT molecular complexity index is 6790. The fourth-order valence-electron chi connectivity index (χ4n) is 18.8. The van der Waals surface area contributed by atoms with Gasteiger partial charge < -0.3 is 28.4 Å². The van der Waals surface area contributed by atoms with E-state index in [0.29, 0.717) is 36.2 Å². The lowest BCUT2D eigenvalue weighted by Gasteiger charge is -2.34. The minimum absolute atomic E-state index is 0.576. The van der Waals surface area contributed by atoms with Crippen LogP contribution in [0.25, 0.3) is 133 Å². The van der Waals surface area contributed by atoms with Gasteiger partial charge in [0.2, 0.25) is 0 Å². The summed E-state index contributed by atoms with van der Waals surface area (Å²) in [4.78, 5) is 14.5. The van der Waals surface area contributed by atoms with Gasteiger partial charge in [-0.15, -0.1) is 11.3 Å². The summed E-state index contributed by atoms with van der Waals surface area (Å²) in [6.07, 6.45) is 7.35. The molecule has 2 aromatic heterocycles. The average Bonchev–Trinajstić information content (AvgIpc) is 1.52. The standard InChI is InChI=1S/C116H82N2O6S/c1-7-73-27-49-87(50-28-73)121-91-61-41-81(42-62-91)115(82-43-63-92(64-44-82)122-88-51-29-74(8-2)30-52-88)103-23-15-13-19-97(103)107-99(21-17-25-105(107)115)113-111-112(118-110-96-70-40-80(78-37-59-86(60-38-78)120-12-6)72-102(96)101-71-79(39-69-95(101)109(110)117-111)77-35-57-85(58-36-77)119-11-5)114(125-113)100-22-18-26-106-108(100)98-20-14-16-24-104(98)116(106,83-45-65-93(66-46-83)123-89-53-31-75(9-3)32-54-89)84-47-67-94(68-48-84)124-90-55-33-76(10-4)34-56-90/h7-10,13-72H,1-4,11-12H2,5-6H3. The molecule has 9 heteroatoms. The van der Waals surface area contributed by atoms with Crippen molar-refractivity contribution in [2.45, 2.75) is 24.7 Å². The highest BCUT2D eigenvalue weighted by molar-refractivity contribution is 7.21. The maximum atomic E-state index is 6.64. The molecular formula is C116H82N2O6S. The SMILES string of the molecule is C=Cc1ccc(Oc2ccc(C3(c4ccc(Oc5ccc(C=C)cc5)cc4)c4ccccc4-c4c(-c5sc(-c6cccc7c6-c6ccccc6C7(c6ccc(Oc7ccc(C=C)cc7)cc6)c6ccc(Oc7ccc(C=C)cc7)cc6)c6nc7c8ccc(-c9ccc(OCC)cc9)cc8c8cc(-c9ccc(OCC)cc9)ccc8c7nc56)cccc43)cc2)cc1. The van der Waals surface area contributed by atoms with Crippen molar-refractivity contribution >= 4 is 79.3 Å². The van der Waals surface area contributed by atoms with Gasteiger partial charge in [-0.2, -0.15) is 0 Å². The largest absolute Gasteiger partial charge is 0.494 e. The minimum atomic E-state index is -0.888. The average molecular weight is 1630 g/mol. The first-order chi connectivity index (χ1) is 61.6. The van der Waals surface area contributed by atoms with Crippen LogP contribution in [0.4, 0.5) is 0 Å². The van der Waals surface area contributed by atoms with E-state index in [-0.39, 0.29) is 0 Å². The first-order valence-corrected chi connectivity index (χ1v) is 43.0. The number of fused-ring (bicyclic) bond motifs is 13. The molecule has 0 fully saturated rings. The second kappa shape index (κ2) is 32.0. The van der Waals surface area contributed by atoms with Gasteiger partial charge in [0.1, 0.15) is 68.5 Å². The molecule has 0 radical (unpaired) electrons. The summed E-state index contributed by atoms with van der Waals surface area (Å²) < 4.78 is 38.5. The van der Waals surface area contributed by atoms with Crippen LogP contribution in [-0.4, -0.2) is 23.2 Å². The van der Waals surface area contributed by atoms with Gasteiger partial charge in [-0.05, 0) is 269 Å². The zero-order valence-electron chi connectivity index (χ0n) is 68.9. The number of hydrogen-bond acceptors (Lipinski definition) is 9. The summed E-state index contributed by atoms with van der Waals surface area (Å²) in [5, 5.41) is 4.07. The minimum Gasteiger partial charge on any atom is -0.494 e. The van der Waals surface area contributed by atoms with Crippen LogP contribution >= 0.6 is 11.3 Å². The third kappa shape index (κ3) is 13.4. The van der Waals surface area contributed by atoms with Crippen molar-refractivity contribution in [3.63, 3.8) is 0 Å². The Morgan fingerprint density at radius 3 is 0.816 bits per heavy atom. The maximum Gasteiger partial charge on any atom is 0.127 e. The van der Waals surface area contributed by atoms with E-state index in [1.165, 1.54) is 0 Å². The van der Waals surface area contributed by atoms with Crippen LogP contribution in [-0.2, 0) is 10.8 Å². The highest BCUT2D eigenvalue weighted by atomic mass is 32.1. The van der Waals surface area contributed by atoms with Gasteiger partial charge in [0, 0.05) is 21.9 Å². The molecule has 0 atom stereocenters. The predicted octanol–water partition coefficient (Wildman–Crippen LogP) is 31.1. The molecule has 0 amide bonds. The zero-order valence-corrected chi connectivity index (χ0v) is 69.8. The smallest absolute Gasteiger partial charge is 0.127 e.